The minimum atomic E-state index is 0. The van der Waals surface area contributed by atoms with Crippen molar-refractivity contribution in [2.45, 2.75) is 0 Å². The Morgan fingerprint density at radius 2 is 1.00 bits per heavy atom. The van der Waals surface area contributed by atoms with Crippen LogP contribution in [0.4, 0.5) is 0 Å². The molecular weight excluding hydrogens is 396 g/mol. The molecule has 0 amide bonds. The van der Waals surface area contributed by atoms with E-state index < -0.39 is 0 Å². The van der Waals surface area contributed by atoms with E-state index in [1.807, 2.05) is 60.7 Å². The molecule has 0 aliphatic carbocycles. The molecule has 0 atom stereocenters. The highest BCUT2D eigenvalue weighted by atomic mass is 16.1. The number of benzene rings is 1. The summed E-state index contributed by atoms with van der Waals surface area (Å²) in [6.07, 6.45) is 8.88. The highest BCUT2D eigenvalue weighted by Crippen LogP contribution is 2.17. The second-order valence-corrected chi connectivity index (χ2v) is 7.43. The van der Waals surface area contributed by atoms with E-state index in [1.165, 1.54) is 0 Å². The molecule has 0 saturated heterocycles. The first-order valence-electron chi connectivity index (χ1n) is 10.3. The van der Waals surface area contributed by atoms with Gasteiger partial charge < -0.3 is 9.97 Å². The molecule has 5 nitrogen and oxygen atoms in total. The highest BCUT2D eigenvalue weighted by molar-refractivity contribution is 5.77. The molecule has 32 heavy (non-hydrogen) atoms. The van der Waals surface area contributed by atoms with E-state index in [1.54, 1.807) is 12.1 Å². The number of hydrogen-bond acceptors (Lipinski definition) is 3. The van der Waals surface area contributed by atoms with E-state index >= 15 is 0 Å². The van der Waals surface area contributed by atoms with Crippen molar-refractivity contribution in [2.75, 3.05) is 0 Å². The molecule has 154 valence electrons. The smallest absolute Gasteiger partial charge is 0.355 e. The lowest BCUT2D eigenvalue weighted by molar-refractivity contribution is 0.112. The molecule has 0 unspecified atom stereocenters. The molecular formula is C27H21N4O+. The van der Waals surface area contributed by atoms with Crippen molar-refractivity contribution in [3.8, 4) is 0 Å². The third-order valence-corrected chi connectivity index (χ3v) is 4.98. The van der Waals surface area contributed by atoms with Gasteiger partial charge in [-0.3, -0.25) is 4.79 Å². The third-order valence-electron chi connectivity index (χ3n) is 4.98. The fourth-order valence-electron chi connectivity index (χ4n) is 3.48. The summed E-state index contributed by atoms with van der Waals surface area (Å²) in [4.78, 5) is 26.0. The number of hydrogen-bond donors (Lipinski definition) is 2. The number of rotatable bonds is 1. The van der Waals surface area contributed by atoms with Crippen LogP contribution in [0, 0.1) is 0 Å². The van der Waals surface area contributed by atoms with Gasteiger partial charge in [0, 0.05) is 27.6 Å². The number of aromatic amines is 2. The average molecular weight is 417 g/mol. The summed E-state index contributed by atoms with van der Waals surface area (Å²) in [6.45, 7) is 0. The topological polar surface area (TPSA) is 74.4 Å². The zero-order valence-corrected chi connectivity index (χ0v) is 17.2. The van der Waals surface area contributed by atoms with Crippen LogP contribution in [0.1, 0.15) is 34.6 Å². The SMILES string of the molecule is C1=Cc2cc3ccc(cc4ccc(cc5nc(cc1n2)C=C5)[nH]4)[nH]3.O=Cc1ccccc1.[H+]. The van der Waals surface area contributed by atoms with Crippen LogP contribution in [0.3, 0.4) is 0 Å². The quantitative estimate of drug-likeness (QED) is 0.310. The van der Waals surface area contributed by atoms with Crippen molar-refractivity contribution in [1.29, 1.82) is 0 Å². The Bertz CT molecular complexity index is 1410. The summed E-state index contributed by atoms with van der Waals surface area (Å²) >= 11 is 0. The van der Waals surface area contributed by atoms with Crippen molar-refractivity contribution >= 4 is 52.7 Å². The first kappa shape index (κ1) is 19.5. The van der Waals surface area contributed by atoms with E-state index in [0.29, 0.717) is 0 Å². The van der Waals surface area contributed by atoms with Crippen LogP contribution in [0.25, 0.3) is 46.4 Å². The highest BCUT2D eigenvalue weighted by Gasteiger charge is 2.02. The number of nitrogens with one attached hydrogen (secondary N) is 2. The monoisotopic (exact) mass is 417 g/mol. The van der Waals surface area contributed by atoms with Crippen LogP contribution in [-0.4, -0.2) is 26.2 Å². The summed E-state index contributed by atoms with van der Waals surface area (Å²) in [5.74, 6) is 0. The zero-order valence-electron chi connectivity index (χ0n) is 18.2. The minimum absolute atomic E-state index is 0. The Hall–Kier alpha value is -4.51. The van der Waals surface area contributed by atoms with E-state index in [4.69, 9.17) is 0 Å². The average Bonchev–Trinajstić information content (AvgIpc) is 3.61. The van der Waals surface area contributed by atoms with Gasteiger partial charge in [-0.2, -0.15) is 0 Å². The Labute approximate surface area is 186 Å². The summed E-state index contributed by atoms with van der Waals surface area (Å²) in [7, 11) is 0. The van der Waals surface area contributed by atoms with Crippen LogP contribution in [0.15, 0.2) is 78.9 Å². The molecule has 0 fully saturated rings. The maximum Gasteiger partial charge on any atom is 1.00 e. The number of H-pyrrole nitrogens is 2. The molecule has 4 aromatic rings. The minimum Gasteiger partial charge on any atom is -0.355 e. The predicted octanol–water partition coefficient (Wildman–Crippen LogP) is 6.27. The van der Waals surface area contributed by atoms with Crippen molar-refractivity contribution in [2.24, 2.45) is 0 Å². The number of aldehydes is 1. The van der Waals surface area contributed by atoms with Crippen molar-refractivity contribution < 1.29 is 6.22 Å². The van der Waals surface area contributed by atoms with Gasteiger partial charge in [-0.1, -0.05) is 30.3 Å². The molecule has 8 bridgehead atoms. The van der Waals surface area contributed by atoms with Gasteiger partial charge in [-0.25, -0.2) is 9.97 Å². The second kappa shape index (κ2) is 8.70. The lowest BCUT2D eigenvalue weighted by atomic mass is 10.2. The third kappa shape index (κ3) is 4.63. The Kier molecular flexibility index (Phi) is 5.29. The van der Waals surface area contributed by atoms with Crippen LogP contribution in [0.2, 0.25) is 0 Å². The first-order chi connectivity index (χ1) is 15.7. The molecule has 0 radical (unpaired) electrons. The summed E-state index contributed by atoms with van der Waals surface area (Å²) in [5.41, 5.74) is 8.59. The number of aromatic nitrogens is 4. The molecule has 6 rings (SSSR count). The maximum absolute atomic E-state index is 10.0. The Morgan fingerprint density at radius 1 is 0.562 bits per heavy atom. The van der Waals surface area contributed by atoms with Gasteiger partial charge in [-0.05, 0) is 72.8 Å². The van der Waals surface area contributed by atoms with Crippen LogP contribution >= 0.6 is 0 Å². The van der Waals surface area contributed by atoms with Crippen LogP contribution < -0.4 is 0 Å². The first-order valence-corrected chi connectivity index (χ1v) is 10.3. The van der Waals surface area contributed by atoms with Gasteiger partial charge in [0.25, 0.3) is 0 Å². The molecule has 1 aromatic carbocycles. The lowest BCUT2D eigenvalue weighted by Gasteiger charge is -1.86. The number of fused-ring (bicyclic) bond motifs is 8. The van der Waals surface area contributed by atoms with Crippen molar-refractivity contribution in [3.05, 3.63) is 107 Å². The van der Waals surface area contributed by atoms with Crippen molar-refractivity contribution in [1.82, 2.24) is 19.9 Å². The summed E-state index contributed by atoms with van der Waals surface area (Å²) < 4.78 is 0. The van der Waals surface area contributed by atoms with Gasteiger partial charge in [0.2, 0.25) is 0 Å². The summed E-state index contributed by atoms with van der Waals surface area (Å²) in [6, 6.07) is 25.5. The van der Waals surface area contributed by atoms with Gasteiger partial charge in [-0.15, -0.1) is 0 Å². The molecule has 5 heterocycles. The molecule has 5 heteroatoms. The number of nitrogens with zero attached hydrogens (tertiary/aromatic N) is 2. The Balaban J connectivity index is 0.000000247. The van der Waals surface area contributed by atoms with Crippen LogP contribution in [0.5, 0.6) is 0 Å². The maximum atomic E-state index is 10.0. The van der Waals surface area contributed by atoms with E-state index in [2.05, 4.69) is 50.3 Å². The fraction of sp³-hybridized carbons (Fsp3) is 0. The van der Waals surface area contributed by atoms with E-state index in [0.717, 1.165) is 56.7 Å². The predicted molar refractivity (Wildman–Crippen MR) is 132 cm³/mol. The number of carbonyl (C=O) groups excluding carboxylic acids is 1. The van der Waals surface area contributed by atoms with Gasteiger partial charge in [0.05, 0.1) is 22.8 Å². The Morgan fingerprint density at radius 3 is 1.44 bits per heavy atom. The van der Waals surface area contributed by atoms with E-state index in [-0.39, 0.29) is 1.43 Å². The molecule has 2 N–H and O–H groups in total. The van der Waals surface area contributed by atoms with Gasteiger partial charge in [0.1, 0.15) is 6.29 Å². The summed E-state index contributed by atoms with van der Waals surface area (Å²) in [5, 5.41) is 0. The lowest BCUT2D eigenvalue weighted by Crippen LogP contribution is -1.77. The largest absolute Gasteiger partial charge is 1.00 e. The number of carbonyl (C=O) groups is 1. The molecule has 0 saturated carbocycles. The second-order valence-electron chi connectivity index (χ2n) is 7.43. The van der Waals surface area contributed by atoms with Gasteiger partial charge in [0.15, 0.2) is 0 Å². The molecule has 3 aromatic heterocycles. The normalized spacial score (nSPS) is 11.6. The fourth-order valence-corrected chi connectivity index (χ4v) is 3.48. The van der Waals surface area contributed by atoms with Crippen LogP contribution in [-0.2, 0) is 0 Å². The molecule has 2 aliphatic heterocycles. The standard InChI is InChI=1S/C20H14N4.C7H6O/c1-2-14-10-16-5-6-18(23-16)12-20-8-7-19(24-20)11-17-4-3-15(22-17)9-13(1)21-14;8-6-7-4-2-1-3-5-7/h1-12,21-22H;1-6H/p+1. The molecule has 0 spiro atoms. The van der Waals surface area contributed by atoms with E-state index in [9.17, 15) is 4.79 Å². The van der Waals surface area contributed by atoms with Gasteiger partial charge >= 0.3 is 1.43 Å². The molecule has 2 aliphatic rings. The zero-order chi connectivity index (χ0) is 21.8. The van der Waals surface area contributed by atoms with Crippen molar-refractivity contribution in [3.63, 3.8) is 0 Å².